The molecule has 6 heteroatoms. The molecule has 0 aromatic heterocycles. The van der Waals surface area contributed by atoms with Gasteiger partial charge in [0.25, 0.3) is 0 Å². The quantitative estimate of drug-likeness (QED) is 0.675. The smallest absolute Gasteiger partial charge is 0.395 e. The normalized spacial score (nSPS) is 14.4. The molecule has 98 valence electrons. The molecule has 3 nitrogen and oxygen atoms in total. The van der Waals surface area contributed by atoms with Gasteiger partial charge in [-0.1, -0.05) is 13.3 Å². The summed E-state index contributed by atoms with van der Waals surface area (Å²) in [7, 11) is 0. The van der Waals surface area contributed by atoms with Crippen LogP contribution in [0.5, 0.6) is 0 Å². The first kappa shape index (κ1) is 15.7. The third-order valence-corrected chi connectivity index (χ3v) is 2.44. The molecule has 0 radical (unpaired) electrons. The van der Waals surface area contributed by atoms with Crippen molar-refractivity contribution in [1.29, 1.82) is 0 Å². The van der Waals surface area contributed by atoms with E-state index in [1.54, 1.807) is 0 Å². The van der Waals surface area contributed by atoms with E-state index in [1.807, 2.05) is 6.92 Å². The number of aliphatic hydroxyl groups is 1. The van der Waals surface area contributed by atoms with E-state index in [0.717, 1.165) is 6.42 Å². The van der Waals surface area contributed by atoms with Crippen molar-refractivity contribution in [2.45, 2.75) is 38.4 Å². The average Bonchev–Trinajstić information content (AvgIpc) is 2.19. The molecule has 1 unspecified atom stereocenters. The van der Waals surface area contributed by atoms with Gasteiger partial charge >= 0.3 is 6.18 Å². The van der Waals surface area contributed by atoms with E-state index in [1.165, 1.54) is 4.90 Å². The number of hydrogen-bond acceptors (Lipinski definition) is 3. The largest absolute Gasteiger partial charge is 0.404 e. The Kier molecular flexibility index (Phi) is 7.70. The van der Waals surface area contributed by atoms with Crippen molar-refractivity contribution < 1.29 is 18.3 Å². The summed E-state index contributed by atoms with van der Waals surface area (Å²) >= 11 is 0. The minimum atomic E-state index is -4.28. The number of unbranched alkanes of at least 4 members (excludes halogenated alkanes) is 1. The molecule has 0 aliphatic rings. The van der Waals surface area contributed by atoms with Crippen LogP contribution in [0.15, 0.2) is 0 Å². The molecular formula is C10H21F3N2O. The summed E-state index contributed by atoms with van der Waals surface area (Å²) in [5.41, 5.74) is 5.20. The molecule has 0 aliphatic carbocycles. The highest BCUT2D eigenvalue weighted by Crippen LogP contribution is 2.27. The van der Waals surface area contributed by atoms with Crippen LogP contribution in [-0.2, 0) is 0 Å². The second-order valence-electron chi connectivity index (χ2n) is 3.75. The molecule has 3 N–H and O–H groups in total. The zero-order chi connectivity index (χ0) is 12.6. The molecule has 0 aromatic rings. The van der Waals surface area contributed by atoms with Gasteiger partial charge in [0, 0.05) is 6.54 Å². The summed E-state index contributed by atoms with van der Waals surface area (Å²) in [6.45, 7) is 2.05. The number of nitrogens with two attached hydrogens (primary N) is 1. The van der Waals surface area contributed by atoms with E-state index < -0.39 is 12.2 Å². The average molecular weight is 242 g/mol. The Morgan fingerprint density at radius 1 is 1.31 bits per heavy atom. The summed E-state index contributed by atoms with van der Waals surface area (Å²) in [5.74, 6) is 0. The fraction of sp³-hybridized carbons (Fsp3) is 1.00. The van der Waals surface area contributed by atoms with Gasteiger partial charge in [-0.05, 0) is 25.9 Å². The van der Waals surface area contributed by atoms with Crippen molar-refractivity contribution in [2.75, 3.05) is 26.2 Å². The Hall–Kier alpha value is -0.330. The molecule has 0 saturated heterocycles. The monoisotopic (exact) mass is 242 g/mol. The van der Waals surface area contributed by atoms with E-state index in [4.69, 9.17) is 10.8 Å². The predicted molar refractivity (Wildman–Crippen MR) is 57.1 cm³/mol. The first-order valence-electron chi connectivity index (χ1n) is 5.59. The van der Waals surface area contributed by atoms with Crippen LogP contribution < -0.4 is 5.73 Å². The topological polar surface area (TPSA) is 49.5 Å². The van der Waals surface area contributed by atoms with Gasteiger partial charge < -0.3 is 10.8 Å². The first-order valence-corrected chi connectivity index (χ1v) is 5.59. The summed E-state index contributed by atoms with van der Waals surface area (Å²) in [6.07, 6.45) is -2.87. The zero-order valence-corrected chi connectivity index (χ0v) is 9.63. The van der Waals surface area contributed by atoms with E-state index >= 15 is 0 Å². The van der Waals surface area contributed by atoms with Gasteiger partial charge in [-0.2, -0.15) is 13.2 Å². The van der Waals surface area contributed by atoms with Gasteiger partial charge in [0.05, 0.1) is 6.61 Å². The molecule has 0 spiro atoms. The van der Waals surface area contributed by atoms with Gasteiger partial charge in [0.15, 0.2) is 0 Å². The Morgan fingerprint density at radius 3 is 2.31 bits per heavy atom. The molecular weight excluding hydrogens is 221 g/mol. The van der Waals surface area contributed by atoms with Crippen molar-refractivity contribution in [3.63, 3.8) is 0 Å². The Bertz CT molecular complexity index is 176. The lowest BCUT2D eigenvalue weighted by Gasteiger charge is -2.32. The van der Waals surface area contributed by atoms with Crippen LogP contribution in [0.2, 0.25) is 0 Å². The van der Waals surface area contributed by atoms with Crippen LogP contribution >= 0.6 is 0 Å². The van der Waals surface area contributed by atoms with E-state index in [9.17, 15) is 13.2 Å². The predicted octanol–water partition coefficient (Wildman–Crippen LogP) is 1.36. The first-order chi connectivity index (χ1) is 7.47. The molecule has 0 rings (SSSR count). The van der Waals surface area contributed by atoms with E-state index in [2.05, 4.69) is 0 Å². The number of nitrogens with zero attached hydrogens (tertiary/aromatic N) is 1. The van der Waals surface area contributed by atoms with Crippen molar-refractivity contribution in [2.24, 2.45) is 5.73 Å². The number of rotatable bonds is 8. The number of hydrogen-bond donors (Lipinski definition) is 2. The van der Waals surface area contributed by atoms with Crippen LogP contribution in [0.1, 0.15) is 26.2 Å². The standard InChI is InChI=1S/C10H21F3N2O/c1-2-3-6-15(7-8-16)9(4-5-14)10(11,12)13/h9,16H,2-8,14H2,1H3. The molecule has 1 atom stereocenters. The Balaban J connectivity index is 4.51. The summed E-state index contributed by atoms with van der Waals surface area (Å²) in [5, 5.41) is 8.78. The molecule has 0 aromatic carbocycles. The Morgan fingerprint density at radius 2 is 1.94 bits per heavy atom. The summed E-state index contributed by atoms with van der Waals surface area (Å²) in [4.78, 5) is 1.27. The number of alkyl halides is 3. The third-order valence-electron chi connectivity index (χ3n) is 2.44. The van der Waals surface area contributed by atoms with Crippen molar-refractivity contribution in [3.05, 3.63) is 0 Å². The maximum Gasteiger partial charge on any atom is 0.404 e. The van der Waals surface area contributed by atoms with Gasteiger partial charge in [0.1, 0.15) is 6.04 Å². The van der Waals surface area contributed by atoms with Crippen LogP contribution in [0.3, 0.4) is 0 Å². The van der Waals surface area contributed by atoms with Crippen molar-refractivity contribution in [1.82, 2.24) is 4.90 Å². The highest BCUT2D eigenvalue weighted by atomic mass is 19.4. The van der Waals surface area contributed by atoms with Gasteiger partial charge in [0.2, 0.25) is 0 Å². The molecule has 0 amide bonds. The zero-order valence-electron chi connectivity index (χ0n) is 9.63. The summed E-state index contributed by atoms with van der Waals surface area (Å²) in [6, 6.07) is -1.53. The fourth-order valence-electron chi connectivity index (χ4n) is 1.62. The van der Waals surface area contributed by atoms with Crippen LogP contribution in [0.4, 0.5) is 13.2 Å². The Labute approximate surface area is 94.4 Å². The molecule has 0 heterocycles. The maximum absolute atomic E-state index is 12.7. The van der Waals surface area contributed by atoms with Crippen molar-refractivity contribution >= 4 is 0 Å². The van der Waals surface area contributed by atoms with E-state index in [-0.39, 0.29) is 26.1 Å². The maximum atomic E-state index is 12.7. The molecule has 0 saturated carbocycles. The van der Waals surface area contributed by atoms with Gasteiger partial charge in [-0.3, -0.25) is 4.90 Å². The highest BCUT2D eigenvalue weighted by Gasteiger charge is 2.42. The van der Waals surface area contributed by atoms with Crippen LogP contribution in [-0.4, -0.2) is 48.5 Å². The molecule has 0 bridgehead atoms. The van der Waals surface area contributed by atoms with Crippen LogP contribution in [0, 0.1) is 0 Å². The van der Waals surface area contributed by atoms with Gasteiger partial charge in [-0.25, -0.2) is 0 Å². The second-order valence-corrected chi connectivity index (χ2v) is 3.75. The van der Waals surface area contributed by atoms with Gasteiger partial charge in [-0.15, -0.1) is 0 Å². The second kappa shape index (κ2) is 7.86. The van der Waals surface area contributed by atoms with E-state index in [0.29, 0.717) is 13.0 Å². The minimum absolute atomic E-state index is 0.00176. The summed E-state index contributed by atoms with van der Waals surface area (Å²) < 4.78 is 38.2. The molecule has 0 fully saturated rings. The lowest BCUT2D eigenvalue weighted by Crippen LogP contribution is -2.48. The lowest BCUT2D eigenvalue weighted by molar-refractivity contribution is -0.186. The SMILES string of the molecule is CCCCN(CCO)C(CCN)C(F)(F)F. The highest BCUT2D eigenvalue weighted by molar-refractivity contribution is 4.79. The minimum Gasteiger partial charge on any atom is -0.395 e. The molecule has 16 heavy (non-hydrogen) atoms. The lowest BCUT2D eigenvalue weighted by atomic mass is 10.1. The molecule has 0 aliphatic heterocycles. The van der Waals surface area contributed by atoms with Crippen LogP contribution in [0.25, 0.3) is 0 Å². The van der Waals surface area contributed by atoms with Crippen molar-refractivity contribution in [3.8, 4) is 0 Å². The third kappa shape index (κ3) is 5.67. The number of halogens is 3. The fourth-order valence-corrected chi connectivity index (χ4v) is 1.62. The number of aliphatic hydroxyl groups excluding tert-OH is 1.